The van der Waals surface area contributed by atoms with Crippen LogP contribution in [0.25, 0.3) is 50.1 Å². The summed E-state index contributed by atoms with van der Waals surface area (Å²) in [6.07, 6.45) is 2.21. The van der Waals surface area contributed by atoms with Crippen molar-refractivity contribution in [3.63, 3.8) is 0 Å². The molecule has 0 saturated carbocycles. The Hall–Kier alpha value is -3.51. The summed E-state index contributed by atoms with van der Waals surface area (Å²) in [7, 11) is 0. The minimum Gasteiger partial charge on any atom is -0.281 e. The second-order valence-corrected chi connectivity index (χ2v) is 11.0. The number of pyridine rings is 1. The van der Waals surface area contributed by atoms with Gasteiger partial charge in [-0.2, -0.15) is 0 Å². The van der Waals surface area contributed by atoms with Gasteiger partial charge in [-0.25, -0.2) is 0 Å². The maximum atomic E-state index is 4.60. The van der Waals surface area contributed by atoms with Crippen LogP contribution < -0.4 is 0 Å². The second kappa shape index (κ2) is 7.49. The van der Waals surface area contributed by atoms with Crippen molar-refractivity contribution < 1.29 is 0 Å². The first kappa shape index (κ1) is 20.8. The van der Waals surface area contributed by atoms with Gasteiger partial charge in [-0.1, -0.05) is 86.6 Å². The number of rotatable bonds is 2. The summed E-state index contributed by atoms with van der Waals surface area (Å²) in [5.74, 6) is 0.859. The lowest BCUT2D eigenvalue weighted by Gasteiger charge is -2.22. The molecule has 168 valence electrons. The summed E-state index contributed by atoms with van der Waals surface area (Å²) in [6.45, 7) is 4.66. The lowest BCUT2D eigenvalue weighted by molar-refractivity contribution is 0.660. The van der Waals surface area contributed by atoms with E-state index >= 15 is 0 Å². The molecule has 0 unspecified atom stereocenters. The average Bonchev–Trinajstić information content (AvgIpc) is 3.41. The van der Waals surface area contributed by atoms with Crippen LogP contribution in [0.15, 0.2) is 97.2 Å². The van der Waals surface area contributed by atoms with Gasteiger partial charge in [0.15, 0.2) is 11.5 Å². The van der Waals surface area contributed by atoms with Crippen LogP contribution in [0.2, 0.25) is 0 Å². The molecule has 0 saturated heterocycles. The average molecular weight is 563 g/mol. The fourth-order valence-electron chi connectivity index (χ4n) is 5.61. The highest BCUT2D eigenvalue weighted by Gasteiger charge is 2.35. The molecule has 2 heterocycles. The molecule has 7 rings (SSSR count). The van der Waals surface area contributed by atoms with Crippen LogP contribution in [-0.2, 0) is 5.41 Å². The summed E-state index contributed by atoms with van der Waals surface area (Å²) in [4.78, 5) is 0. The Balaban J connectivity index is 1.49. The number of nitrogens with zero attached hydrogens (tertiary/aromatic N) is 3. The number of benzene rings is 4. The Labute approximate surface area is 217 Å². The molecule has 0 fully saturated rings. The molecule has 6 aromatic rings. The number of hydrogen-bond donors (Lipinski definition) is 0. The van der Waals surface area contributed by atoms with Crippen molar-refractivity contribution in [1.82, 2.24) is 14.6 Å². The standard InChI is InChI=1S/C31H22IN3/c1-31(2)27-10-6-5-8-23(27)24-16-13-20(17-28(24)31)26-18-35-29(19-11-14-21(32)15-12-19)33-34-30(35)25-9-4-3-7-22(25)26/h3-18H,1-2H3. The van der Waals surface area contributed by atoms with Crippen LogP contribution in [-0.4, -0.2) is 14.6 Å². The number of hydrogen-bond acceptors (Lipinski definition) is 2. The van der Waals surface area contributed by atoms with Crippen molar-refractivity contribution in [3.8, 4) is 33.6 Å². The molecule has 0 bridgehead atoms. The third kappa shape index (κ3) is 3.02. The molecule has 3 nitrogen and oxygen atoms in total. The van der Waals surface area contributed by atoms with E-state index in [0.717, 1.165) is 22.4 Å². The van der Waals surface area contributed by atoms with Gasteiger partial charge in [0, 0.05) is 31.7 Å². The van der Waals surface area contributed by atoms with Gasteiger partial charge in [-0.05, 0) is 74.0 Å². The van der Waals surface area contributed by atoms with Crippen LogP contribution >= 0.6 is 22.6 Å². The topological polar surface area (TPSA) is 30.2 Å². The van der Waals surface area contributed by atoms with E-state index in [-0.39, 0.29) is 5.41 Å². The molecule has 0 aliphatic heterocycles. The lowest BCUT2D eigenvalue weighted by atomic mass is 9.81. The van der Waals surface area contributed by atoms with Crippen molar-refractivity contribution in [2.24, 2.45) is 0 Å². The quantitative estimate of drug-likeness (QED) is 0.199. The highest BCUT2D eigenvalue weighted by molar-refractivity contribution is 14.1. The summed E-state index contributed by atoms with van der Waals surface area (Å²) >= 11 is 2.33. The Morgan fingerprint density at radius 2 is 1.34 bits per heavy atom. The molecule has 2 aromatic heterocycles. The van der Waals surface area contributed by atoms with Gasteiger partial charge in [0.1, 0.15) is 0 Å². The normalized spacial score (nSPS) is 13.8. The monoisotopic (exact) mass is 563 g/mol. The van der Waals surface area contributed by atoms with Crippen LogP contribution in [0.1, 0.15) is 25.0 Å². The largest absolute Gasteiger partial charge is 0.281 e. The zero-order valence-electron chi connectivity index (χ0n) is 19.5. The maximum Gasteiger partial charge on any atom is 0.169 e. The summed E-state index contributed by atoms with van der Waals surface area (Å²) in [5, 5.41) is 11.5. The third-order valence-electron chi connectivity index (χ3n) is 7.41. The molecule has 0 radical (unpaired) electrons. The van der Waals surface area contributed by atoms with Crippen molar-refractivity contribution in [1.29, 1.82) is 0 Å². The van der Waals surface area contributed by atoms with Gasteiger partial charge in [0.25, 0.3) is 0 Å². The van der Waals surface area contributed by atoms with E-state index in [0.29, 0.717) is 0 Å². The molecule has 1 aliphatic rings. The molecule has 4 aromatic carbocycles. The molecular weight excluding hydrogens is 541 g/mol. The Bertz CT molecular complexity index is 1780. The molecule has 0 atom stereocenters. The van der Waals surface area contributed by atoms with E-state index in [1.54, 1.807) is 0 Å². The van der Waals surface area contributed by atoms with Gasteiger partial charge in [-0.15, -0.1) is 10.2 Å². The fraction of sp³-hybridized carbons (Fsp3) is 0.0968. The van der Waals surface area contributed by atoms with Crippen molar-refractivity contribution in [3.05, 3.63) is 112 Å². The summed E-state index contributed by atoms with van der Waals surface area (Å²) < 4.78 is 3.35. The van der Waals surface area contributed by atoms with E-state index in [1.807, 2.05) is 0 Å². The number of halogens is 1. The lowest BCUT2D eigenvalue weighted by Crippen LogP contribution is -2.14. The molecule has 0 N–H and O–H groups in total. The van der Waals surface area contributed by atoms with E-state index < -0.39 is 0 Å². The van der Waals surface area contributed by atoms with E-state index in [1.165, 1.54) is 42.3 Å². The van der Waals surface area contributed by atoms with Gasteiger partial charge < -0.3 is 0 Å². The van der Waals surface area contributed by atoms with Crippen LogP contribution in [0.3, 0.4) is 0 Å². The summed E-state index contributed by atoms with van der Waals surface area (Å²) in [5.41, 5.74) is 9.76. The van der Waals surface area contributed by atoms with Crippen LogP contribution in [0.4, 0.5) is 0 Å². The fourth-order valence-corrected chi connectivity index (χ4v) is 5.97. The zero-order chi connectivity index (χ0) is 23.7. The first-order chi connectivity index (χ1) is 17.0. The van der Waals surface area contributed by atoms with Crippen LogP contribution in [0, 0.1) is 3.57 Å². The molecule has 0 amide bonds. The van der Waals surface area contributed by atoms with Gasteiger partial charge >= 0.3 is 0 Å². The van der Waals surface area contributed by atoms with E-state index in [4.69, 9.17) is 0 Å². The van der Waals surface area contributed by atoms with E-state index in [9.17, 15) is 0 Å². The van der Waals surface area contributed by atoms with Crippen LogP contribution in [0.5, 0.6) is 0 Å². The molecule has 0 spiro atoms. The number of aromatic nitrogens is 3. The minimum atomic E-state index is -0.0370. The smallest absolute Gasteiger partial charge is 0.169 e. The maximum absolute atomic E-state index is 4.60. The van der Waals surface area contributed by atoms with E-state index in [2.05, 4.69) is 148 Å². The van der Waals surface area contributed by atoms with Gasteiger partial charge in [-0.3, -0.25) is 4.40 Å². The Morgan fingerprint density at radius 1 is 0.657 bits per heavy atom. The molecule has 4 heteroatoms. The minimum absolute atomic E-state index is 0.0370. The first-order valence-electron chi connectivity index (χ1n) is 11.8. The second-order valence-electron chi connectivity index (χ2n) is 9.74. The Morgan fingerprint density at radius 3 is 2.17 bits per heavy atom. The van der Waals surface area contributed by atoms with Crippen molar-refractivity contribution in [2.75, 3.05) is 0 Å². The Kier molecular flexibility index (Phi) is 4.46. The zero-order valence-corrected chi connectivity index (χ0v) is 21.6. The highest BCUT2D eigenvalue weighted by atomic mass is 127. The molecular formula is C31H22IN3. The molecule has 35 heavy (non-hydrogen) atoms. The first-order valence-corrected chi connectivity index (χ1v) is 12.9. The SMILES string of the molecule is CC1(C)c2ccccc2-c2ccc(-c3cn4c(-c5ccc(I)cc5)nnc4c4ccccc34)cc21. The predicted molar refractivity (Wildman–Crippen MR) is 152 cm³/mol. The van der Waals surface area contributed by atoms with Gasteiger partial charge in [0.05, 0.1) is 0 Å². The van der Waals surface area contributed by atoms with Crippen molar-refractivity contribution in [2.45, 2.75) is 19.3 Å². The molecule has 1 aliphatic carbocycles. The summed E-state index contributed by atoms with van der Waals surface area (Å²) in [6, 6.07) is 32.7. The third-order valence-corrected chi connectivity index (χ3v) is 8.13. The van der Waals surface area contributed by atoms with Gasteiger partial charge in [0.2, 0.25) is 0 Å². The highest BCUT2D eigenvalue weighted by Crippen LogP contribution is 2.49. The van der Waals surface area contributed by atoms with Crippen molar-refractivity contribution >= 4 is 39.0 Å². The number of fused-ring (bicyclic) bond motifs is 6. The predicted octanol–water partition coefficient (Wildman–Crippen LogP) is 8.13.